The number of para-hydroxylation sites is 2. The van der Waals surface area contributed by atoms with Gasteiger partial charge in [-0.2, -0.15) is 4.68 Å². The van der Waals surface area contributed by atoms with Crippen LogP contribution in [0.5, 0.6) is 5.75 Å². The van der Waals surface area contributed by atoms with E-state index in [1.807, 2.05) is 83.4 Å². The fourth-order valence-electron chi connectivity index (χ4n) is 3.45. The Hall–Kier alpha value is -4.18. The van der Waals surface area contributed by atoms with Crippen molar-refractivity contribution in [2.75, 3.05) is 18.2 Å². The average Bonchev–Trinajstić information content (AvgIpc) is 3.49. The molecule has 2 heterocycles. The van der Waals surface area contributed by atoms with Crippen LogP contribution >= 0.6 is 11.8 Å². The second kappa shape index (κ2) is 9.75. The molecular weight excluding hydrogens is 450 g/mol. The molecule has 0 aliphatic rings. The molecule has 34 heavy (non-hydrogen) atoms. The third-order valence-corrected chi connectivity index (χ3v) is 6.04. The molecule has 0 fully saturated rings. The number of ether oxygens (including phenoxy) is 1. The zero-order chi connectivity index (χ0) is 23.3. The van der Waals surface area contributed by atoms with Gasteiger partial charge in [0, 0.05) is 17.9 Å². The molecule has 1 N–H and O–H groups in total. The molecule has 0 saturated carbocycles. The SMILES string of the molecule is COc1ccc(NC(=O)CCSc2nnc(-n3nnc4ccccc43)n2-c2ccccc2)cc1. The molecule has 10 heteroatoms. The van der Waals surface area contributed by atoms with Gasteiger partial charge in [-0.15, -0.1) is 15.3 Å². The van der Waals surface area contributed by atoms with Crippen LogP contribution in [0, 0.1) is 0 Å². The van der Waals surface area contributed by atoms with Crippen molar-refractivity contribution in [3.63, 3.8) is 0 Å². The van der Waals surface area contributed by atoms with Crippen molar-refractivity contribution in [2.45, 2.75) is 11.6 Å². The fourth-order valence-corrected chi connectivity index (χ4v) is 4.33. The Bertz CT molecular complexity index is 1410. The normalized spacial score (nSPS) is 11.0. The lowest BCUT2D eigenvalue weighted by Crippen LogP contribution is -2.12. The van der Waals surface area contributed by atoms with Gasteiger partial charge >= 0.3 is 0 Å². The highest BCUT2D eigenvalue weighted by Crippen LogP contribution is 2.26. The number of hydrogen-bond acceptors (Lipinski definition) is 7. The monoisotopic (exact) mass is 471 g/mol. The van der Waals surface area contributed by atoms with Crippen LogP contribution in [0.2, 0.25) is 0 Å². The van der Waals surface area contributed by atoms with E-state index < -0.39 is 0 Å². The summed E-state index contributed by atoms with van der Waals surface area (Å²) in [4.78, 5) is 12.4. The van der Waals surface area contributed by atoms with Crippen LogP contribution in [0.3, 0.4) is 0 Å². The van der Waals surface area contributed by atoms with Crippen molar-refractivity contribution in [3.05, 3.63) is 78.9 Å². The van der Waals surface area contributed by atoms with Crippen LogP contribution in [0.25, 0.3) is 22.7 Å². The van der Waals surface area contributed by atoms with E-state index in [1.165, 1.54) is 11.8 Å². The molecule has 0 aliphatic carbocycles. The highest BCUT2D eigenvalue weighted by molar-refractivity contribution is 7.99. The number of fused-ring (bicyclic) bond motifs is 1. The molecule has 5 aromatic rings. The summed E-state index contributed by atoms with van der Waals surface area (Å²) >= 11 is 1.46. The van der Waals surface area contributed by atoms with Crippen molar-refractivity contribution in [1.82, 2.24) is 29.8 Å². The lowest BCUT2D eigenvalue weighted by Gasteiger charge is -2.10. The minimum Gasteiger partial charge on any atom is -0.497 e. The van der Waals surface area contributed by atoms with Gasteiger partial charge in [-0.25, -0.2) is 0 Å². The lowest BCUT2D eigenvalue weighted by atomic mass is 10.3. The predicted molar refractivity (Wildman–Crippen MR) is 131 cm³/mol. The van der Waals surface area contributed by atoms with E-state index in [9.17, 15) is 4.79 Å². The molecule has 3 aromatic carbocycles. The number of aromatic nitrogens is 6. The second-order valence-corrected chi connectivity index (χ2v) is 8.38. The number of hydrogen-bond donors (Lipinski definition) is 1. The summed E-state index contributed by atoms with van der Waals surface area (Å²) in [5, 5.41) is 20.9. The Kier molecular flexibility index (Phi) is 6.21. The van der Waals surface area contributed by atoms with Crippen molar-refractivity contribution >= 4 is 34.4 Å². The van der Waals surface area contributed by atoms with Gasteiger partial charge in [-0.3, -0.25) is 9.36 Å². The van der Waals surface area contributed by atoms with Crippen LogP contribution in [-0.4, -0.2) is 48.5 Å². The quantitative estimate of drug-likeness (QED) is 0.340. The van der Waals surface area contributed by atoms with E-state index in [0.29, 0.717) is 23.3 Å². The van der Waals surface area contributed by atoms with E-state index in [1.54, 1.807) is 11.8 Å². The Morgan fingerprint density at radius 3 is 2.50 bits per heavy atom. The Balaban J connectivity index is 1.35. The molecule has 2 aromatic heterocycles. The molecule has 0 aliphatic heterocycles. The number of methoxy groups -OCH3 is 1. The number of anilines is 1. The Labute approximate surface area is 199 Å². The van der Waals surface area contributed by atoms with E-state index in [2.05, 4.69) is 25.8 Å². The summed E-state index contributed by atoms with van der Waals surface area (Å²) in [7, 11) is 1.61. The molecule has 9 nitrogen and oxygen atoms in total. The minimum absolute atomic E-state index is 0.0778. The van der Waals surface area contributed by atoms with Gasteiger partial charge in [0.2, 0.25) is 5.91 Å². The minimum atomic E-state index is -0.0778. The molecule has 0 radical (unpaired) electrons. The predicted octanol–water partition coefficient (Wildman–Crippen LogP) is 4.13. The summed E-state index contributed by atoms with van der Waals surface area (Å²) in [5.74, 6) is 1.73. The summed E-state index contributed by atoms with van der Waals surface area (Å²) in [6.07, 6.45) is 0.319. The van der Waals surface area contributed by atoms with Gasteiger partial charge < -0.3 is 10.1 Å². The number of rotatable bonds is 8. The maximum Gasteiger partial charge on any atom is 0.259 e. The molecular formula is C24H21N7O2S. The third kappa shape index (κ3) is 4.48. The largest absolute Gasteiger partial charge is 0.497 e. The van der Waals surface area contributed by atoms with Gasteiger partial charge in [0.15, 0.2) is 5.16 Å². The number of carbonyl (C=O) groups excluding carboxylic acids is 1. The molecule has 5 rings (SSSR count). The maximum atomic E-state index is 12.4. The van der Waals surface area contributed by atoms with Gasteiger partial charge in [0.05, 0.1) is 18.3 Å². The number of amides is 1. The highest BCUT2D eigenvalue weighted by atomic mass is 32.2. The number of carbonyl (C=O) groups is 1. The van der Waals surface area contributed by atoms with Crippen molar-refractivity contribution in [3.8, 4) is 17.4 Å². The molecule has 0 atom stereocenters. The van der Waals surface area contributed by atoms with Crippen molar-refractivity contribution < 1.29 is 9.53 Å². The van der Waals surface area contributed by atoms with Crippen LogP contribution < -0.4 is 10.1 Å². The zero-order valence-electron chi connectivity index (χ0n) is 18.3. The molecule has 170 valence electrons. The summed E-state index contributed by atoms with van der Waals surface area (Å²) in [6, 6.07) is 24.7. The number of nitrogens with zero attached hydrogens (tertiary/aromatic N) is 6. The molecule has 0 unspecified atom stereocenters. The van der Waals surface area contributed by atoms with Crippen LogP contribution in [0.4, 0.5) is 5.69 Å². The Morgan fingerprint density at radius 1 is 0.941 bits per heavy atom. The number of thioether (sulfide) groups is 1. The van der Waals surface area contributed by atoms with Crippen LogP contribution in [-0.2, 0) is 4.79 Å². The van der Waals surface area contributed by atoms with Gasteiger partial charge in [-0.1, -0.05) is 47.3 Å². The van der Waals surface area contributed by atoms with Gasteiger partial charge in [0.1, 0.15) is 11.3 Å². The smallest absolute Gasteiger partial charge is 0.259 e. The first-order chi connectivity index (χ1) is 16.7. The molecule has 0 saturated heterocycles. The first-order valence-electron chi connectivity index (χ1n) is 10.6. The summed E-state index contributed by atoms with van der Waals surface area (Å²) < 4.78 is 8.75. The topological polar surface area (TPSA) is 99.8 Å². The average molecular weight is 472 g/mol. The lowest BCUT2D eigenvalue weighted by molar-refractivity contribution is -0.115. The molecule has 0 spiro atoms. The van der Waals surface area contributed by atoms with E-state index in [4.69, 9.17) is 4.74 Å². The maximum absolute atomic E-state index is 12.4. The third-order valence-electron chi connectivity index (χ3n) is 5.11. The van der Waals surface area contributed by atoms with Crippen molar-refractivity contribution in [2.24, 2.45) is 0 Å². The molecule has 1 amide bonds. The fraction of sp³-hybridized carbons (Fsp3) is 0.125. The first-order valence-corrected chi connectivity index (χ1v) is 11.6. The van der Waals surface area contributed by atoms with Gasteiger partial charge in [0.25, 0.3) is 5.95 Å². The van der Waals surface area contributed by atoms with Crippen molar-refractivity contribution in [1.29, 1.82) is 0 Å². The second-order valence-electron chi connectivity index (χ2n) is 7.32. The number of benzene rings is 3. The highest BCUT2D eigenvalue weighted by Gasteiger charge is 2.19. The summed E-state index contributed by atoms with van der Waals surface area (Å²) in [6.45, 7) is 0. The Morgan fingerprint density at radius 2 is 1.71 bits per heavy atom. The van der Waals surface area contributed by atoms with Gasteiger partial charge in [-0.05, 0) is 48.5 Å². The zero-order valence-corrected chi connectivity index (χ0v) is 19.1. The van der Waals surface area contributed by atoms with E-state index >= 15 is 0 Å². The first kappa shape index (κ1) is 21.7. The standard InChI is InChI=1S/C24H21N7O2S/c1-33-19-13-11-17(12-14-19)25-22(32)15-16-34-24-28-27-23(30(24)18-7-3-2-4-8-18)31-21-10-6-5-9-20(21)26-29-31/h2-14H,15-16H2,1H3,(H,25,32). The summed E-state index contributed by atoms with van der Waals surface area (Å²) in [5.41, 5.74) is 3.23. The van der Waals surface area contributed by atoms with E-state index in [-0.39, 0.29) is 5.91 Å². The molecule has 0 bridgehead atoms. The van der Waals surface area contributed by atoms with E-state index in [0.717, 1.165) is 28.2 Å². The van der Waals surface area contributed by atoms with Crippen LogP contribution in [0.1, 0.15) is 6.42 Å². The number of nitrogens with one attached hydrogen (secondary N) is 1. The van der Waals surface area contributed by atoms with Crippen LogP contribution in [0.15, 0.2) is 84.0 Å².